The molecule has 0 radical (unpaired) electrons. The van der Waals surface area contributed by atoms with E-state index in [1.165, 1.54) is 17.0 Å². The Labute approximate surface area is 162 Å². The third-order valence-electron chi connectivity index (χ3n) is 3.93. The quantitative estimate of drug-likeness (QED) is 0.413. The molecule has 120 valence electrons. The van der Waals surface area contributed by atoms with E-state index in [4.69, 9.17) is 4.74 Å². The van der Waals surface area contributed by atoms with Crippen LogP contribution in [0.2, 0.25) is 0 Å². The Balaban J connectivity index is 0.00000208. The molecule has 0 spiro atoms. The molecule has 0 N–H and O–H groups in total. The second-order valence-electron chi connectivity index (χ2n) is 5.87. The van der Waals surface area contributed by atoms with Crippen molar-refractivity contribution in [2.75, 3.05) is 13.2 Å². The van der Waals surface area contributed by atoms with Gasteiger partial charge in [0.2, 0.25) is 0 Å². The smallest absolute Gasteiger partial charge is 0.872 e. The molecule has 24 heavy (non-hydrogen) atoms. The molecule has 0 aromatic heterocycles. The topological polar surface area (TPSA) is 69.7 Å². The van der Waals surface area contributed by atoms with Gasteiger partial charge in [-0.2, -0.15) is 0 Å². The molecular formula is C18H18NNaO4. The number of rotatable bonds is 5. The van der Waals surface area contributed by atoms with Gasteiger partial charge in [0.25, 0.3) is 11.8 Å². The van der Waals surface area contributed by atoms with Crippen molar-refractivity contribution >= 4 is 22.6 Å². The predicted octanol–water partition coefficient (Wildman–Crippen LogP) is -0.671. The van der Waals surface area contributed by atoms with Gasteiger partial charge in [0.15, 0.2) is 0 Å². The van der Waals surface area contributed by atoms with Crippen LogP contribution >= 0.6 is 0 Å². The first-order chi connectivity index (χ1) is 11.0. The Bertz CT molecular complexity index is 766. The zero-order chi connectivity index (χ0) is 16.6. The summed E-state index contributed by atoms with van der Waals surface area (Å²) in [6.07, 6.45) is 0.702. The maximum atomic E-state index is 12.6. The summed E-state index contributed by atoms with van der Waals surface area (Å²) in [4.78, 5) is 26.5. The van der Waals surface area contributed by atoms with E-state index >= 15 is 0 Å². The normalized spacial score (nSPS) is 13.5. The molecule has 0 fully saturated rings. The molecule has 1 aliphatic rings. The Morgan fingerprint density at radius 3 is 2.42 bits per heavy atom. The van der Waals surface area contributed by atoms with Gasteiger partial charge in [-0.3, -0.25) is 14.5 Å². The van der Waals surface area contributed by atoms with Crippen molar-refractivity contribution in [2.24, 2.45) is 0 Å². The molecule has 5 nitrogen and oxygen atoms in total. The van der Waals surface area contributed by atoms with Gasteiger partial charge in [-0.05, 0) is 37.8 Å². The minimum absolute atomic E-state index is 0. The summed E-state index contributed by atoms with van der Waals surface area (Å²) in [7, 11) is 0. The number of amides is 2. The van der Waals surface area contributed by atoms with E-state index in [-0.39, 0.29) is 53.2 Å². The minimum atomic E-state index is -0.344. The van der Waals surface area contributed by atoms with Crippen LogP contribution in [0.4, 0.5) is 0 Å². The molecule has 0 atom stereocenters. The van der Waals surface area contributed by atoms with Crippen LogP contribution in [0.15, 0.2) is 30.3 Å². The average molecular weight is 335 g/mol. The fraction of sp³-hybridized carbons (Fsp3) is 0.333. The molecule has 2 aromatic rings. The summed E-state index contributed by atoms with van der Waals surface area (Å²) >= 11 is 0. The molecule has 1 aliphatic heterocycles. The molecule has 1 heterocycles. The number of carbonyl (C=O) groups excluding carboxylic acids is 2. The fourth-order valence-electron chi connectivity index (χ4n) is 2.86. The summed E-state index contributed by atoms with van der Waals surface area (Å²) in [5, 5.41) is 12.8. The molecule has 6 heteroatoms. The van der Waals surface area contributed by atoms with Crippen LogP contribution in [-0.4, -0.2) is 36.0 Å². The maximum absolute atomic E-state index is 12.6. The van der Waals surface area contributed by atoms with Crippen LogP contribution in [0.3, 0.4) is 0 Å². The molecule has 2 aromatic carbocycles. The van der Waals surface area contributed by atoms with Crippen molar-refractivity contribution < 1.29 is 49.0 Å². The van der Waals surface area contributed by atoms with Crippen LogP contribution in [0.5, 0.6) is 5.75 Å². The van der Waals surface area contributed by atoms with Crippen molar-refractivity contribution in [3.05, 3.63) is 41.5 Å². The Hall–Kier alpha value is -1.40. The maximum Gasteiger partial charge on any atom is 1.00 e. The van der Waals surface area contributed by atoms with Crippen molar-refractivity contribution in [2.45, 2.75) is 26.4 Å². The van der Waals surface area contributed by atoms with E-state index in [9.17, 15) is 14.7 Å². The van der Waals surface area contributed by atoms with Gasteiger partial charge in [0.1, 0.15) is 0 Å². The number of nitrogens with zero attached hydrogens (tertiary/aromatic N) is 1. The standard InChI is InChI=1S/C18H19NO4.Na/c1-11(2)23-10-4-9-19-17(21)13-6-3-5-12-15(20)8-7-14(16(12)13)18(19)22;/h3,5-8,11,20H,4,9-10H2,1-2H3;/q;+1/p-1. The third-order valence-corrected chi connectivity index (χ3v) is 3.93. The van der Waals surface area contributed by atoms with E-state index in [1.54, 1.807) is 18.2 Å². The number of ether oxygens (including phenoxy) is 1. The molecule has 0 unspecified atom stereocenters. The van der Waals surface area contributed by atoms with Gasteiger partial charge in [0, 0.05) is 29.7 Å². The molecular weight excluding hydrogens is 317 g/mol. The number of carbonyl (C=O) groups is 2. The molecule has 2 amide bonds. The summed E-state index contributed by atoms with van der Waals surface area (Å²) in [6, 6.07) is 7.89. The summed E-state index contributed by atoms with van der Waals surface area (Å²) in [6.45, 7) is 4.67. The minimum Gasteiger partial charge on any atom is -0.872 e. The van der Waals surface area contributed by atoms with E-state index in [1.807, 2.05) is 13.8 Å². The first kappa shape index (κ1) is 18.9. The first-order valence-corrected chi connectivity index (χ1v) is 7.71. The summed E-state index contributed by atoms with van der Waals surface area (Å²) in [5.74, 6) is -0.864. The third kappa shape index (κ3) is 3.35. The summed E-state index contributed by atoms with van der Waals surface area (Å²) in [5.41, 5.74) is 0.833. The van der Waals surface area contributed by atoms with Crippen LogP contribution in [-0.2, 0) is 4.74 Å². The van der Waals surface area contributed by atoms with Crippen molar-refractivity contribution in [1.82, 2.24) is 4.90 Å². The van der Waals surface area contributed by atoms with Gasteiger partial charge in [-0.15, -0.1) is 5.75 Å². The van der Waals surface area contributed by atoms with Gasteiger partial charge < -0.3 is 9.84 Å². The molecule has 0 saturated carbocycles. The van der Waals surface area contributed by atoms with Crippen LogP contribution in [0, 0.1) is 0 Å². The molecule has 0 saturated heterocycles. The van der Waals surface area contributed by atoms with E-state index < -0.39 is 0 Å². The van der Waals surface area contributed by atoms with Crippen molar-refractivity contribution in [1.29, 1.82) is 0 Å². The fourth-order valence-corrected chi connectivity index (χ4v) is 2.86. The Morgan fingerprint density at radius 2 is 1.75 bits per heavy atom. The number of hydrogen-bond acceptors (Lipinski definition) is 4. The van der Waals surface area contributed by atoms with Crippen LogP contribution in [0.1, 0.15) is 41.0 Å². The van der Waals surface area contributed by atoms with Crippen LogP contribution < -0.4 is 34.7 Å². The SMILES string of the molecule is CC(C)OCCCN1C(=O)c2cccc3c([O-])ccc(c23)C1=O.[Na+]. The van der Waals surface area contributed by atoms with Gasteiger partial charge in [0.05, 0.1) is 6.10 Å². The second kappa shape index (κ2) is 7.66. The van der Waals surface area contributed by atoms with Crippen LogP contribution in [0.25, 0.3) is 10.8 Å². The van der Waals surface area contributed by atoms with Gasteiger partial charge >= 0.3 is 29.6 Å². The van der Waals surface area contributed by atoms with E-state index in [0.717, 1.165) is 0 Å². The van der Waals surface area contributed by atoms with E-state index in [2.05, 4.69) is 0 Å². The number of hydrogen-bond donors (Lipinski definition) is 0. The summed E-state index contributed by atoms with van der Waals surface area (Å²) < 4.78 is 5.46. The second-order valence-corrected chi connectivity index (χ2v) is 5.87. The largest absolute Gasteiger partial charge is 1.00 e. The van der Waals surface area contributed by atoms with Crippen molar-refractivity contribution in [3.63, 3.8) is 0 Å². The van der Waals surface area contributed by atoms with E-state index in [0.29, 0.717) is 41.5 Å². The first-order valence-electron chi connectivity index (χ1n) is 7.71. The Morgan fingerprint density at radius 1 is 1.08 bits per heavy atom. The predicted molar refractivity (Wildman–Crippen MR) is 84.5 cm³/mol. The molecule has 0 bridgehead atoms. The average Bonchev–Trinajstić information content (AvgIpc) is 2.53. The Kier molecular flexibility index (Phi) is 6.04. The van der Waals surface area contributed by atoms with Gasteiger partial charge in [-0.25, -0.2) is 0 Å². The molecule has 0 aliphatic carbocycles. The molecule has 3 rings (SSSR count). The monoisotopic (exact) mass is 335 g/mol. The van der Waals surface area contributed by atoms with Gasteiger partial charge in [-0.1, -0.05) is 18.2 Å². The zero-order valence-electron chi connectivity index (χ0n) is 14.2. The zero-order valence-corrected chi connectivity index (χ0v) is 16.2. The van der Waals surface area contributed by atoms with Crippen molar-refractivity contribution in [3.8, 4) is 5.75 Å². The number of benzene rings is 2. The number of imide groups is 1.